The Morgan fingerprint density at radius 1 is 0.920 bits per heavy atom. The predicted molar refractivity (Wildman–Crippen MR) is 95.7 cm³/mol. The van der Waals surface area contributed by atoms with E-state index in [1.165, 1.54) is 32.1 Å². The molecule has 0 radical (unpaired) electrons. The molecule has 6 nitrogen and oxygen atoms in total. The van der Waals surface area contributed by atoms with Gasteiger partial charge in [-0.2, -0.15) is 0 Å². The Balaban J connectivity index is 1.44. The van der Waals surface area contributed by atoms with E-state index >= 15 is 0 Å². The third-order valence-electron chi connectivity index (χ3n) is 5.52. The zero-order valence-corrected chi connectivity index (χ0v) is 14.5. The first-order valence-electron chi connectivity index (χ1n) is 9.30. The van der Waals surface area contributed by atoms with Gasteiger partial charge >= 0.3 is 0 Å². The molecule has 1 aromatic carbocycles. The lowest BCUT2D eigenvalue weighted by atomic mass is 9.94. The lowest BCUT2D eigenvalue weighted by Gasteiger charge is -2.40. The fraction of sp³-hybridized carbons (Fsp3) is 0.526. The van der Waals surface area contributed by atoms with E-state index in [1.807, 2.05) is 29.2 Å². The van der Waals surface area contributed by atoms with Gasteiger partial charge < -0.3 is 4.90 Å². The molecular weight excluding hydrogens is 314 g/mol. The average molecular weight is 339 g/mol. The number of hydrogen-bond acceptors (Lipinski definition) is 4. The van der Waals surface area contributed by atoms with Crippen molar-refractivity contribution in [1.29, 1.82) is 0 Å². The van der Waals surface area contributed by atoms with Crippen molar-refractivity contribution in [1.82, 2.24) is 24.6 Å². The molecule has 2 fully saturated rings. The summed E-state index contributed by atoms with van der Waals surface area (Å²) in [7, 11) is 0. The van der Waals surface area contributed by atoms with Crippen LogP contribution in [0.15, 0.2) is 36.9 Å². The van der Waals surface area contributed by atoms with E-state index in [0.29, 0.717) is 5.56 Å². The highest BCUT2D eigenvalue weighted by atomic mass is 16.2. The molecule has 1 aromatic heterocycles. The highest BCUT2D eigenvalue weighted by Crippen LogP contribution is 2.24. The average Bonchev–Trinajstić information content (AvgIpc) is 3.23. The molecule has 2 heterocycles. The van der Waals surface area contributed by atoms with Crippen LogP contribution in [0.2, 0.25) is 0 Å². The maximum Gasteiger partial charge on any atom is 0.256 e. The molecule has 1 aliphatic heterocycles. The first-order valence-corrected chi connectivity index (χ1v) is 9.30. The van der Waals surface area contributed by atoms with Gasteiger partial charge in [-0.3, -0.25) is 14.3 Å². The molecule has 25 heavy (non-hydrogen) atoms. The van der Waals surface area contributed by atoms with Crippen molar-refractivity contribution in [3.05, 3.63) is 42.5 Å². The summed E-state index contributed by atoms with van der Waals surface area (Å²) in [6.07, 6.45) is 10.0. The van der Waals surface area contributed by atoms with E-state index in [0.717, 1.165) is 37.9 Å². The monoisotopic (exact) mass is 339 g/mol. The number of carbonyl (C=O) groups is 1. The summed E-state index contributed by atoms with van der Waals surface area (Å²) in [6, 6.07) is 8.42. The van der Waals surface area contributed by atoms with Gasteiger partial charge in [-0.25, -0.2) is 0 Å². The Morgan fingerprint density at radius 3 is 2.32 bits per heavy atom. The molecule has 2 aromatic rings. The highest BCUT2D eigenvalue weighted by Gasteiger charge is 2.28. The summed E-state index contributed by atoms with van der Waals surface area (Å²) in [5.74, 6) is 0.104. The standard InChI is InChI=1S/C19H25N5O/c25-19(17-8-4-5-9-18(17)24-14-20-21-15-24)23-12-10-22(11-13-23)16-6-2-1-3-7-16/h4-5,8-9,14-16H,1-3,6-7,10-13H2. The van der Waals surface area contributed by atoms with E-state index in [2.05, 4.69) is 15.1 Å². The van der Waals surface area contributed by atoms with Crippen LogP contribution in [0.25, 0.3) is 5.69 Å². The van der Waals surface area contributed by atoms with Crippen LogP contribution in [0.5, 0.6) is 0 Å². The van der Waals surface area contributed by atoms with Gasteiger partial charge in [0.1, 0.15) is 12.7 Å². The van der Waals surface area contributed by atoms with Crippen LogP contribution >= 0.6 is 0 Å². The van der Waals surface area contributed by atoms with E-state index in [1.54, 1.807) is 17.2 Å². The summed E-state index contributed by atoms with van der Waals surface area (Å²) in [5, 5.41) is 7.71. The fourth-order valence-electron chi connectivity index (χ4n) is 4.11. The molecule has 6 heteroatoms. The van der Waals surface area contributed by atoms with Crippen molar-refractivity contribution in [2.75, 3.05) is 26.2 Å². The largest absolute Gasteiger partial charge is 0.336 e. The number of aromatic nitrogens is 3. The SMILES string of the molecule is O=C(c1ccccc1-n1cnnc1)N1CCN(C2CCCCC2)CC1. The summed E-state index contributed by atoms with van der Waals surface area (Å²) in [5.41, 5.74) is 1.56. The third kappa shape index (κ3) is 3.44. The summed E-state index contributed by atoms with van der Waals surface area (Å²) in [4.78, 5) is 17.6. The van der Waals surface area contributed by atoms with Crippen molar-refractivity contribution in [3.8, 4) is 5.69 Å². The van der Waals surface area contributed by atoms with E-state index in [-0.39, 0.29) is 5.91 Å². The Labute approximate surface area is 148 Å². The summed E-state index contributed by atoms with van der Waals surface area (Å²) < 4.78 is 1.80. The number of para-hydroxylation sites is 1. The van der Waals surface area contributed by atoms with Crippen molar-refractivity contribution >= 4 is 5.91 Å². The van der Waals surface area contributed by atoms with Crippen LogP contribution < -0.4 is 0 Å². The van der Waals surface area contributed by atoms with E-state index in [4.69, 9.17) is 0 Å². The highest BCUT2D eigenvalue weighted by molar-refractivity contribution is 5.97. The molecule has 132 valence electrons. The topological polar surface area (TPSA) is 54.3 Å². The Kier molecular flexibility index (Phi) is 4.78. The van der Waals surface area contributed by atoms with Crippen molar-refractivity contribution in [2.24, 2.45) is 0 Å². The second-order valence-corrected chi connectivity index (χ2v) is 7.01. The van der Waals surface area contributed by atoms with E-state index in [9.17, 15) is 4.79 Å². The molecule has 0 spiro atoms. The van der Waals surface area contributed by atoms with Gasteiger partial charge in [0.05, 0.1) is 11.3 Å². The number of piperazine rings is 1. The normalized spacial score (nSPS) is 19.9. The minimum atomic E-state index is 0.104. The molecule has 4 rings (SSSR count). The maximum absolute atomic E-state index is 13.1. The molecule has 2 aliphatic rings. The Morgan fingerprint density at radius 2 is 1.60 bits per heavy atom. The molecule has 0 N–H and O–H groups in total. The molecular formula is C19H25N5O. The number of benzene rings is 1. The lowest BCUT2D eigenvalue weighted by molar-refractivity contribution is 0.0523. The molecule has 1 aliphatic carbocycles. The quantitative estimate of drug-likeness (QED) is 0.861. The van der Waals surface area contributed by atoms with Crippen LogP contribution in [0.3, 0.4) is 0 Å². The van der Waals surface area contributed by atoms with Crippen molar-refractivity contribution < 1.29 is 4.79 Å². The molecule has 0 atom stereocenters. The first-order chi connectivity index (χ1) is 12.3. The lowest BCUT2D eigenvalue weighted by Crippen LogP contribution is -2.52. The van der Waals surface area contributed by atoms with Gasteiger partial charge in [0.15, 0.2) is 0 Å². The molecule has 0 bridgehead atoms. The smallest absolute Gasteiger partial charge is 0.256 e. The molecule has 1 saturated carbocycles. The summed E-state index contributed by atoms with van der Waals surface area (Å²) >= 11 is 0. The number of rotatable bonds is 3. The van der Waals surface area contributed by atoms with Gasteiger partial charge in [-0.1, -0.05) is 31.4 Å². The fourth-order valence-corrected chi connectivity index (χ4v) is 4.11. The number of nitrogens with zero attached hydrogens (tertiary/aromatic N) is 5. The Hall–Kier alpha value is -2.21. The Bertz CT molecular complexity index is 700. The summed E-state index contributed by atoms with van der Waals surface area (Å²) in [6.45, 7) is 3.61. The zero-order valence-electron chi connectivity index (χ0n) is 14.5. The minimum Gasteiger partial charge on any atom is -0.336 e. The minimum absolute atomic E-state index is 0.104. The second-order valence-electron chi connectivity index (χ2n) is 7.01. The number of hydrogen-bond donors (Lipinski definition) is 0. The zero-order chi connectivity index (χ0) is 17.1. The predicted octanol–water partition coefficient (Wildman–Crippen LogP) is 2.36. The van der Waals surface area contributed by atoms with Crippen molar-refractivity contribution in [2.45, 2.75) is 38.1 Å². The van der Waals surface area contributed by atoms with Crippen LogP contribution in [-0.2, 0) is 0 Å². The van der Waals surface area contributed by atoms with Crippen molar-refractivity contribution in [3.63, 3.8) is 0 Å². The van der Waals surface area contributed by atoms with Crippen LogP contribution in [0, 0.1) is 0 Å². The molecule has 0 unspecified atom stereocenters. The number of amides is 1. The van der Waals surface area contributed by atoms with Gasteiger partial charge in [-0.15, -0.1) is 10.2 Å². The maximum atomic E-state index is 13.1. The molecule has 1 amide bonds. The van der Waals surface area contributed by atoms with Gasteiger partial charge in [0, 0.05) is 32.2 Å². The molecule has 1 saturated heterocycles. The first kappa shape index (κ1) is 16.3. The van der Waals surface area contributed by atoms with Gasteiger partial charge in [-0.05, 0) is 25.0 Å². The van der Waals surface area contributed by atoms with Crippen LogP contribution in [0.1, 0.15) is 42.5 Å². The van der Waals surface area contributed by atoms with E-state index < -0.39 is 0 Å². The van der Waals surface area contributed by atoms with Crippen LogP contribution in [0.4, 0.5) is 0 Å². The number of carbonyl (C=O) groups excluding carboxylic acids is 1. The van der Waals surface area contributed by atoms with Gasteiger partial charge in [0.25, 0.3) is 5.91 Å². The van der Waals surface area contributed by atoms with Gasteiger partial charge in [0.2, 0.25) is 0 Å². The second kappa shape index (κ2) is 7.35. The third-order valence-corrected chi connectivity index (χ3v) is 5.52. The van der Waals surface area contributed by atoms with Crippen LogP contribution in [-0.4, -0.2) is 62.7 Å².